The zero-order valence-corrected chi connectivity index (χ0v) is 10.5. The molecule has 2 nitrogen and oxygen atoms in total. The fourth-order valence-electron chi connectivity index (χ4n) is 1.21. The molecule has 1 atom stereocenters. The average Bonchev–Trinajstić information content (AvgIpc) is 2.19. The van der Waals surface area contributed by atoms with E-state index in [-0.39, 0.29) is 11.9 Å². The zero-order chi connectivity index (χ0) is 11.3. The predicted octanol–water partition coefficient (Wildman–Crippen LogP) is 3.43. The highest BCUT2D eigenvalue weighted by Crippen LogP contribution is 2.19. The van der Waals surface area contributed by atoms with Crippen LogP contribution in [0.4, 0.5) is 10.1 Å². The molecule has 4 heteroatoms. The fraction of sp³-hybridized carbons (Fsp3) is 0.455. The second kappa shape index (κ2) is 6.08. The number of hydrogen-bond donors (Lipinski definition) is 1. The monoisotopic (exact) mass is 275 g/mol. The van der Waals surface area contributed by atoms with Gasteiger partial charge in [-0.25, -0.2) is 4.39 Å². The van der Waals surface area contributed by atoms with Crippen LogP contribution in [0.2, 0.25) is 0 Å². The molecule has 0 aliphatic heterocycles. The summed E-state index contributed by atoms with van der Waals surface area (Å²) < 4.78 is 19.4. The van der Waals surface area contributed by atoms with Gasteiger partial charge in [-0.2, -0.15) is 0 Å². The molecule has 0 aliphatic rings. The first-order valence-electron chi connectivity index (χ1n) is 4.92. The van der Waals surface area contributed by atoms with Gasteiger partial charge >= 0.3 is 0 Å². The third-order valence-electron chi connectivity index (χ3n) is 1.91. The van der Waals surface area contributed by atoms with Crippen LogP contribution >= 0.6 is 15.9 Å². The number of hydrogen-bond acceptors (Lipinski definition) is 2. The normalized spacial score (nSPS) is 12.5. The van der Waals surface area contributed by atoms with Crippen molar-refractivity contribution in [3.05, 3.63) is 28.5 Å². The summed E-state index contributed by atoms with van der Waals surface area (Å²) in [6.07, 6.45) is 0. The van der Waals surface area contributed by atoms with Crippen molar-refractivity contribution in [3.8, 4) is 0 Å². The van der Waals surface area contributed by atoms with Gasteiger partial charge in [0.2, 0.25) is 0 Å². The smallest absolute Gasteiger partial charge is 0.147 e. The molecule has 0 bridgehead atoms. The Labute approximate surface area is 98.0 Å². The molecule has 1 rings (SSSR count). The first-order chi connectivity index (χ1) is 7.13. The number of ether oxygens (including phenoxy) is 1. The summed E-state index contributed by atoms with van der Waals surface area (Å²) >= 11 is 3.21. The van der Waals surface area contributed by atoms with Gasteiger partial charge in [0, 0.05) is 17.1 Å². The summed E-state index contributed by atoms with van der Waals surface area (Å²) in [5.74, 6) is -0.257. The predicted molar refractivity (Wildman–Crippen MR) is 63.7 cm³/mol. The molecule has 0 radical (unpaired) electrons. The van der Waals surface area contributed by atoms with Crippen LogP contribution in [-0.2, 0) is 4.74 Å². The van der Waals surface area contributed by atoms with E-state index in [1.165, 1.54) is 6.07 Å². The Morgan fingerprint density at radius 2 is 2.27 bits per heavy atom. The maximum absolute atomic E-state index is 13.4. The quantitative estimate of drug-likeness (QED) is 0.889. The van der Waals surface area contributed by atoms with E-state index >= 15 is 0 Å². The van der Waals surface area contributed by atoms with E-state index in [0.717, 1.165) is 4.47 Å². The second-order valence-electron chi connectivity index (χ2n) is 3.33. The minimum Gasteiger partial charge on any atom is -0.380 e. The lowest BCUT2D eigenvalue weighted by Gasteiger charge is -2.15. The van der Waals surface area contributed by atoms with E-state index in [1.54, 1.807) is 12.1 Å². The van der Waals surface area contributed by atoms with Gasteiger partial charge < -0.3 is 10.1 Å². The van der Waals surface area contributed by atoms with Gasteiger partial charge in [-0.05, 0) is 32.0 Å². The number of nitrogens with one attached hydrogen (secondary N) is 1. The van der Waals surface area contributed by atoms with E-state index in [9.17, 15) is 4.39 Å². The Morgan fingerprint density at radius 3 is 2.87 bits per heavy atom. The maximum Gasteiger partial charge on any atom is 0.147 e. The van der Waals surface area contributed by atoms with Gasteiger partial charge in [-0.15, -0.1) is 0 Å². The summed E-state index contributed by atoms with van der Waals surface area (Å²) in [4.78, 5) is 0. The SMILES string of the molecule is CCOCC(C)Nc1ccc(Br)cc1F. The molecule has 84 valence electrons. The number of halogens is 2. The molecule has 15 heavy (non-hydrogen) atoms. The molecule has 1 unspecified atom stereocenters. The van der Waals surface area contributed by atoms with Crippen LogP contribution in [-0.4, -0.2) is 19.3 Å². The van der Waals surface area contributed by atoms with Crippen LogP contribution in [0.15, 0.2) is 22.7 Å². The molecule has 0 aromatic heterocycles. The van der Waals surface area contributed by atoms with Crippen molar-refractivity contribution < 1.29 is 9.13 Å². The molecule has 0 amide bonds. The number of rotatable bonds is 5. The Hall–Kier alpha value is -0.610. The molecule has 1 aromatic carbocycles. The van der Waals surface area contributed by atoms with Gasteiger partial charge in [0.25, 0.3) is 0 Å². The minimum atomic E-state index is -0.257. The van der Waals surface area contributed by atoms with E-state index in [1.807, 2.05) is 13.8 Å². The second-order valence-corrected chi connectivity index (χ2v) is 4.24. The molecule has 0 spiro atoms. The Morgan fingerprint density at radius 1 is 1.53 bits per heavy atom. The molecular weight excluding hydrogens is 261 g/mol. The fourth-order valence-corrected chi connectivity index (χ4v) is 1.54. The number of anilines is 1. The minimum absolute atomic E-state index is 0.0978. The van der Waals surface area contributed by atoms with Crippen molar-refractivity contribution in [1.29, 1.82) is 0 Å². The molecular formula is C11H15BrFNO. The summed E-state index contributed by atoms with van der Waals surface area (Å²) in [7, 11) is 0. The molecule has 0 saturated carbocycles. The Kier molecular flexibility index (Phi) is 5.05. The number of benzene rings is 1. The first kappa shape index (κ1) is 12.5. The highest BCUT2D eigenvalue weighted by Gasteiger charge is 2.06. The third-order valence-corrected chi connectivity index (χ3v) is 2.40. The van der Waals surface area contributed by atoms with Crippen molar-refractivity contribution in [2.45, 2.75) is 19.9 Å². The van der Waals surface area contributed by atoms with E-state index in [2.05, 4.69) is 21.2 Å². The molecule has 0 fully saturated rings. The van der Waals surface area contributed by atoms with E-state index < -0.39 is 0 Å². The summed E-state index contributed by atoms with van der Waals surface area (Å²) in [5, 5.41) is 3.05. The summed E-state index contributed by atoms with van der Waals surface area (Å²) in [6, 6.07) is 5.05. The highest BCUT2D eigenvalue weighted by molar-refractivity contribution is 9.10. The van der Waals surface area contributed by atoms with Crippen molar-refractivity contribution in [2.24, 2.45) is 0 Å². The first-order valence-corrected chi connectivity index (χ1v) is 5.72. The summed E-state index contributed by atoms with van der Waals surface area (Å²) in [5.41, 5.74) is 0.505. The molecule has 0 heterocycles. The van der Waals surface area contributed by atoms with Crippen LogP contribution in [0.1, 0.15) is 13.8 Å². The topological polar surface area (TPSA) is 21.3 Å². The van der Waals surface area contributed by atoms with E-state index in [0.29, 0.717) is 18.9 Å². The molecule has 1 aromatic rings. The van der Waals surface area contributed by atoms with Crippen LogP contribution in [0.5, 0.6) is 0 Å². The molecule has 0 saturated heterocycles. The van der Waals surface area contributed by atoms with Crippen molar-refractivity contribution in [2.75, 3.05) is 18.5 Å². The standard InChI is InChI=1S/C11H15BrFNO/c1-3-15-7-8(2)14-11-5-4-9(12)6-10(11)13/h4-6,8,14H,3,7H2,1-2H3. The van der Waals surface area contributed by atoms with Gasteiger partial charge in [0.05, 0.1) is 12.3 Å². The third kappa shape index (κ3) is 4.18. The van der Waals surface area contributed by atoms with E-state index in [4.69, 9.17) is 4.74 Å². The lowest BCUT2D eigenvalue weighted by atomic mass is 10.2. The van der Waals surface area contributed by atoms with Gasteiger partial charge in [-0.1, -0.05) is 15.9 Å². The average molecular weight is 276 g/mol. The van der Waals surface area contributed by atoms with Gasteiger partial charge in [0.1, 0.15) is 5.82 Å². The lowest BCUT2D eigenvalue weighted by Crippen LogP contribution is -2.22. The van der Waals surface area contributed by atoms with Crippen molar-refractivity contribution >= 4 is 21.6 Å². The van der Waals surface area contributed by atoms with Crippen molar-refractivity contribution in [3.63, 3.8) is 0 Å². The zero-order valence-electron chi connectivity index (χ0n) is 8.89. The van der Waals surface area contributed by atoms with Gasteiger partial charge in [0.15, 0.2) is 0 Å². The van der Waals surface area contributed by atoms with Crippen LogP contribution < -0.4 is 5.32 Å². The molecule has 1 N–H and O–H groups in total. The lowest BCUT2D eigenvalue weighted by molar-refractivity contribution is 0.141. The van der Waals surface area contributed by atoms with Crippen molar-refractivity contribution in [1.82, 2.24) is 0 Å². The largest absolute Gasteiger partial charge is 0.380 e. The maximum atomic E-state index is 13.4. The Balaban J connectivity index is 2.56. The van der Waals surface area contributed by atoms with Crippen LogP contribution in [0.3, 0.4) is 0 Å². The van der Waals surface area contributed by atoms with Gasteiger partial charge in [-0.3, -0.25) is 0 Å². The summed E-state index contributed by atoms with van der Waals surface area (Å²) in [6.45, 7) is 5.14. The Bertz CT molecular complexity index is 319. The van der Waals surface area contributed by atoms with Crippen LogP contribution in [0, 0.1) is 5.82 Å². The highest BCUT2D eigenvalue weighted by atomic mass is 79.9. The molecule has 0 aliphatic carbocycles. The van der Waals surface area contributed by atoms with Crippen LogP contribution in [0.25, 0.3) is 0 Å².